The number of hydrogen-bond donors (Lipinski definition) is 2. The largest absolute Gasteiger partial charge is 0.478 e. The van der Waals surface area contributed by atoms with Crippen LogP contribution in [0.1, 0.15) is 22.3 Å². The molecule has 6 nitrogen and oxygen atoms in total. The fourth-order valence-corrected chi connectivity index (χ4v) is 2.53. The first-order valence-corrected chi connectivity index (χ1v) is 7.03. The lowest BCUT2D eigenvalue weighted by Crippen LogP contribution is -2.39. The Hall–Kier alpha value is -2.08. The summed E-state index contributed by atoms with van der Waals surface area (Å²) >= 11 is 0. The molecule has 0 saturated carbocycles. The molecule has 1 saturated heterocycles. The predicted octanol–water partition coefficient (Wildman–Crippen LogP) is 1.22. The van der Waals surface area contributed by atoms with Gasteiger partial charge in [-0.3, -0.25) is 0 Å². The van der Waals surface area contributed by atoms with Crippen LogP contribution in [-0.2, 0) is 6.54 Å². The molecule has 1 atom stereocenters. The van der Waals surface area contributed by atoms with Gasteiger partial charge < -0.3 is 20.6 Å². The maximum Gasteiger partial charge on any atom is 0.335 e. The van der Waals surface area contributed by atoms with Crippen LogP contribution in [0.25, 0.3) is 0 Å². The van der Waals surface area contributed by atoms with Gasteiger partial charge in [0.05, 0.1) is 5.56 Å². The molecule has 3 N–H and O–H groups in total. The highest BCUT2D eigenvalue weighted by Gasteiger charge is 2.27. The zero-order valence-electron chi connectivity index (χ0n) is 12.2. The van der Waals surface area contributed by atoms with Crippen molar-refractivity contribution in [3.63, 3.8) is 0 Å². The Balaban J connectivity index is 1.93. The molecule has 0 radical (unpaired) electrons. The van der Waals surface area contributed by atoms with Crippen molar-refractivity contribution >= 4 is 12.0 Å². The van der Waals surface area contributed by atoms with E-state index in [0.29, 0.717) is 19.0 Å². The topological polar surface area (TPSA) is 86.9 Å². The monoisotopic (exact) mass is 291 g/mol. The lowest BCUT2D eigenvalue weighted by molar-refractivity contribution is 0.0697. The molecule has 21 heavy (non-hydrogen) atoms. The number of amides is 2. The van der Waals surface area contributed by atoms with Crippen LogP contribution in [0.5, 0.6) is 0 Å². The fourth-order valence-electron chi connectivity index (χ4n) is 2.53. The molecule has 1 fully saturated rings. The van der Waals surface area contributed by atoms with Crippen molar-refractivity contribution in [1.82, 2.24) is 9.80 Å². The lowest BCUT2D eigenvalue weighted by Gasteiger charge is -2.24. The van der Waals surface area contributed by atoms with E-state index in [1.54, 1.807) is 36.2 Å². The molecular weight excluding hydrogens is 270 g/mol. The second-order valence-electron chi connectivity index (χ2n) is 5.48. The van der Waals surface area contributed by atoms with Crippen molar-refractivity contribution in [2.75, 3.05) is 26.7 Å². The molecule has 0 bridgehead atoms. The van der Waals surface area contributed by atoms with Crippen LogP contribution in [0.15, 0.2) is 24.3 Å². The molecule has 1 aromatic carbocycles. The van der Waals surface area contributed by atoms with E-state index in [0.717, 1.165) is 25.1 Å². The minimum absolute atomic E-state index is 0.00624. The Morgan fingerprint density at radius 3 is 2.57 bits per heavy atom. The lowest BCUT2D eigenvalue weighted by atomic mass is 10.1. The van der Waals surface area contributed by atoms with Crippen LogP contribution in [0.4, 0.5) is 4.79 Å². The van der Waals surface area contributed by atoms with Crippen molar-refractivity contribution in [2.24, 2.45) is 11.7 Å². The summed E-state index contributed by atoms with van der Waals surface area (Å²) in [7, 11) is 1.75. The van der Waals surface area contributed by atoms with E-state index < -0.39 is 5.97 Å². The number of carbonyl (C=O) groups excluding carboxylic acids is 1. The molecule has 0 spiro atoms. The van der Waals surface area contributed by atoms with Gasteiger partial charge in [-0.05, 0) is 36.6 Å². The molecule has 114 valence electrons. The molecule has 1 heterocycles. The Morgan fingerprint density at radius 2 is 2.05 bits per heavy atom. The highest BCUT2D eigenvalue weighted by molar-refractivity contribution is 5.87. The van der Waals surface area contributed by atoms with E-state index in [1.165, 1.54) is 0 Å². The van der Waals surface area contributed by atoms with Crippen LogP contribution in [0, 0.1) is 5.92 Å². The molecular formula is C15H21N3O3. The molecule has 1 aromatic rings. The first kappa shape index (κ1) is 15.3. The second-order valence-corrected chi connectivity index (χ2v) is 5.48. The van der Waals surface area contributed by atoms with Gasteiger partial charge in [0.1, 0.15) is 0 Å². The average molecular weight is 291 g/mol. The number of hydrogen-bond acceptors (Lipinski definition) is 3. The summed E-state index contributed by atoms with van der Waals surface area (Å²) < 4.78 is 0. The number of carbonyl (C=O) groups is 2. The number of likely N-dealkylation sites (tertiary alicyclic amines) is 1. The first-order chi connectivity index (χ1) is 10.0. The fraction of sp³-hybridized carbons (Fsp3) is 0.467. The summed E-state index contributed by atoms with van der Waals surface area (Å²) in [6.07, 6.45) is 0.962. The van der Waals surface area contributed by atoms with Crippen LogP contribution in [-0.4, -0.2) is 53.6 Å². The van der Waals surface area contributed by atoms with Gasteiger partial charge in [0, 0.05) is 26.7 Å². The Labute approximate surface area is 124 Å². The quantitative estimate of drug-likeness (QED) is 0.873. The van der Waals surface area contributed by atoms with Gasteiger partial charge >= 0.3 is 12.0 Å². The van der Waals surface area contributed by atoms with Crippen molar-refractivity contribution in [3.05, 3.63) is 35.4 Å². The summed E-state index contributed by atoms with van der Waals surface area (Å²) in [5, 5.41) is 8.86. The molecule has 2 amide bonds. The molecule has 0 aromatic heterocycles. The summed E-state index contributed by atoms with van der Waals surface area (Å²) in [5.41, 5.74) is 6.79. The van der Waals surface area contributed by atoms with Crippen LogP contribution >= 0.6 is 0 Å². The number of nitrogens with zero attached hydrogens (tertiary/aromatic N) is 2. The van der Waals surface area contributed by atoms with E-state index >= 15 is 0 Å². The molecule has 0 aliphatic carbocycles. The number of aromatic carboxylic acids is 1. The van der Waals surface area contributed by atoms with Gasteiger partial charge in [0.2, 0.25) is 0 Å². The Kier molecular flexibility index (Phi) is 4.80. The van der Waals surface area contributed by atoms with E-state index in [1.807, 2.05) is 4.90 Å². The summed E-state index contributed by atoms with van der Waals surface area (Å²) in [5.74, 6) is -0.548. The minimum atomic E-state index is -0.948. The third-order valence-electron chi connectivity index (χ3n) is 3.84. The third-order valence-corrected chi connectivity index (χ3v) is 3.84. The number of rotatable bonds is 4. The number of nitrogens with two attached hydrogens (primary N) is 1. The van der Waals surface area contributed by atoms with Gasteiger partial charge in [-0.25, -0.2) is 9.59 Å². The normalized spacial score (nSPS) is 17.8. The maximum absolute atomic E-state index is 12.3. The molecule has 1 unspecified atom stereocenters. The van der Waals surface area contributed by atoms with E-state index in [9.17, 15) is 9.59 Å². The van der Waals surface area contributed by atoms with Gasteiger partial charge in [0.25, 0.3) is 0 Å². The average Bonchev–Trinajstić information content (AvgIpc) is 2.95. The maximum atomic E-state index is 12.3. The van der Waals surface area contributed by atoms with Crippen molar-refractivity contribution in [1.29, 1.82) is 0 Å². The number of carboxylic acid groups (broad SMARTS) is 1. The second kappa shape index (κ2) is 6.58. The molecule has 2 rings (SSSR count). The van der Waals surface area contributed by atoms with Gasteiger partial charge in [-0.15, -0.1) is 0 Å². The van der Waals surface area contributed by atoms with Crippen LogP contribution in [0.2, 0.25) is 0 Å². The Morgan fingerprint density at radius 1 is 1.38 bits per heavy atom. The predicted molar refractivity (Wildman–Crippen MR) is 79.0 cm³/mol. The molecule has 1 aliphatic rings. The standard InChI is InChI=1S/C15H21N3O3/c1-17(15(21)18-7-6-12(8-16)10-18)9-11-2-4-13(5-3-11)14(19)20/h2-5,12H,6-10,16H2,1H3,(H,19,20). The number of carboxylic acids is 1. The summed E-state index contributed by atoms with van der Waals surface area (Å²) in [4.78, 5) is 26.6. The minimum Gasteiger partial charge on any atom is -0.478 e. The van der Waals surface area contributed by atoms with Crippen molar-refractivity contribution in [3.8, 4) is 0 Å². The summed E-state index contributed by atoms with van der Waals surface area (Å²) in [6, 6.07) is 6.57. The van der Waals surface area contributed by atoms with Crippen LogP contribution in [0.3, 0.4) is 0 Å². The Bertz CT molecular complexity index is 515. The molecule has 1 aliphatic heterocycles. The van der Waals surface area contributed by atoms with Crippen molar-refractivity contribution in [2.45, 2.75) is 13.0 Å². The zero-order chi connectivity index (χ0) is 15.4. The zero-order valence-corrected chi connectivity index (χ0v) is 12.2. The van der Waals surface area contributed by atoms with E-state index in [-0.39, 0.29) is 11.6 Å². The number of benzene rings is 1. The van der Waals surface area contributed by atoms with Crippen LogP contribution < -0.4 is 5.73 Å². The van der Waals surface area contributed by atoms with E-state index in [4.69, 9.17) is 10.8 Å². The third kappa shape index (κ3) is 3.72. The van der Waals surface area contributed by atoms with E-state index in [2.05, 4.69) is 0 Å². The van der Waals surface area contributed by atoms with Crippen molar-refractivity contribution < 1.29 is 14.7 Å². The van der Waals surface area contributed by atoms with Gasteiger partial charge in [0.15, 0.2) is 0 Å². The smallest absolute Gasteiger partial charge is 0.335 e. The highest BCUT2D eigenvalue weighted by atomic mass is 16.4. The SMILES string of the molecule is CN(Cc1ccc(C(=O)O)cc1)C(=O)N1CCC(CN)C1. The first-order valence-electron chi connectivity index (χ1n) is 7.03. The highest BCUT2D eigenvalue weighted by Crippen LogP contribution is 2.17. The summed E-state index contributed by atoms with van der Waals surface area (Å²) in [6.45, 7) is 2.55. The van der Waals surface area contributed by atoms with Gasteiger partial charge in [-0.2, -0.15) is 0 Å². The van der Waals surface area contributed by atoms with Gasteiger partial charge in [-0.1, -0.05) is 12.1 Å². The molecule has 6 heteroatoms. The number of urea groups is 1.